The minimum atomic E-state index is -0.481. The van der Waals surface area contributed by atoms with E-state index in [0.717, 1.165) is 25.4 Å². The highest BCUT2D eigenvalue weighted by molar-refractivity contribution is 5.68. The number of aliphatic hydroxyl groups excluding tert-OH is 1. The van der Waals surface area contributed by atoms with Gasteiger partial charge in [0, 0.05) is 25.2 Å². The standard InChI is InChI=1S/C17H32N2O3/c1-11-6-15(7-11)19-9-13(12(2)20)8-14(10-19)18-16(21)22-17(3,4)5/h11-15,20H,6-10H2,1-5H3,(H,18,21). The van der Waals surface area contributed by atoms with Gasteiger partial charge in [-0.3, -0.25) is 4.90 Å². The number of carbonyl (C=O) groups excluding carboxylic acids is 1. The molecule has 1 saturated heterocycles. The summed E-state index contributed by atoms with van der Waals surface area (Å²) in [6, 6.07) is 0.665. The molecule has 2 aliphatic rings. The van der Waals surface area contributed by atoms with Crippen LogP contribution in [0.4, 0.5) is 4.79 Å². The Labute approximate surface area is 134 Å². The second-order valence-electron chi connectivity index (χ2n) is 8.26. The first kappa shape index (κ1) is 17.5. The number of alkyl carbamates (subject to hydrolysis) is 1. The van der Waals surface area contributed by atoms with Crippen LogP contribution in [0.3, 0.4) is 0 Å². The zero-order valence-corrected chi connectivity index (χ0v) is 14.6. The second kappa shape index (κ2) is 6.75. The first-order valence-corrected chi connectivity index (χ1v) is 8.55. The zero-order chi connectivity index (χ0) is 16.5. The van der Waals surface area contributed by atoms with Gasteiger partial charge in [0.05, 0.1) is 6.10 Å². The van der Waals surface area contributed by atoms with Crippen molar-refractivity contribution in [3.05, 3.63) is 0 Å². The lowest BCUT2D eigenvalue weighted by Crippen LogP contribution is -2.58. The Morgan fingerprint density at radius 1 is 1.27 bits per heavy atom. The minimum Gasteiger partial charge on any atom is -0.444 e. The average molecular weight is 312 g/mol. The highest BCUT2D eigenvalue weighted by atomic mass is 16.6. The molecule has 3 unspecified atom stereocenters. The minimum absolute atomic E-state index is 0.0547. The third kappa shape index (κ3) is 4.85. The van der Waals surface area contributed by atoms with Crippen LogP contribution in [0.5, 0.6) is 0 Å². The maximum absolute atomic E-state index is 12.0. The van der Waals surface area contributed by atoms with Gasteiger partial charge in [0.15, 0.2) is 0 Å². The monoisotopic (exact) mass is 312 g/mol. The van der Waals surface area contributed by atoms with Crippen LogP contribution < -0.4 is 5.32 Å². The largest absolute Gasteiger partial charge is 0.444 e. The van der Waals surface area contributed by atoms with Crippen molar-refractivity contribution < 1.29 is 14.6 Å². The normalized spacial score (nSPS) is 34.6. The van der Waals surface area contributed by atoms with Crippen LogP contribution in [0, 0.1) is 11.8 Å². The molecule has 3 atom stereocenters. The number of carbonyl (C=O) groups is 1. The molecule has 5 heteroatoms. The molecule has 5 nitrogen and oxygen atoms in total. The van der Waals surface area contributed by atoms with Crippen molar-refractivity contribution in [1.29, 1.82) is 0 Å². The average Bonchev–Trinajstić information content (AvgIpc) is 2.32. The van der Waals surface area contributed by atoms with Crippen LogP contribution in [-0.4, -0.2) is 53.0 Å². The number of rotatable bonds is 3. The summed E-state index contributed by atoms with van der Waals surface area (Å²) in [5, 5.41) is 13.0. The molecule has 0 radical (unpaired) electrons. The first-order chi connectivity index (χ1) is 10.1. The predicted octanol–water partition coefficient (Wildman–Crippen LogP) is 2.38. The lowest BCUT2D eigenvalue weighted by atomic mass is 9.78. The fraction of sp³-hybridized carbons (Fsp3) is 0.941. The Kier molecular flexibility index (Phi) is 5.38. The number of piperidine rings is 1. The first-order valence-electron chi connectivity index (χ1n) is 8.55. The highest BCUT2D eigenvalue weighted by Gasteiger charge is 2.38. The van der Waals surface area contributed by atoms with E-state index in [2.05, 4.69) is 17.1 Å². The molecular weight excluding hydrogens is 280 g/mol. The Morgan fingerprint density at radius 3 is 2.41 bits per heavy atom. The maximum Gasteiger partial charge on any atom is 0.407 e. The summed E-state index contributed by atoms with van der Waals surface area (Å²) in [5.41, 5.74) is -0.481. The number of hydrogen-bond acceptors (Lipinski definition) is 4. The van der Waals surface area contributed by atoms with E-state index in [1.807, 2.05) is 27.7 Å². The summed E-state index contributed by atoms with van der Waals surface area (Å²) in [6.45, 7) is 11.5. The van der Waals surface area contributed by atoms with E-state index in [1.165, 1.54) is 12.8 Å². The van der Waals surface area contributed by atoms with Gasteiger partial charge in [-0.15, -0.1) is 0 Å². The summed E-state index contributed by atoms with van der Waals surface area (Å²) in [6.07, 6.45) is 2.57. The summed E-state index contributed by atoms with van der Waals surface area (Å²) in [4.78, 5) is 14.4. The molecular formula is C17H32N2O3. The van der Waals surface area contributed by atoms with Gasteiger partial charge >= 0.3 is 6.09 Å². The van der Waals surface area contributed by atoms with Gasteiger partial charge in [-0.25, -0.2) is 4.79 Å². The highest BCUT2D eigenvalue weighted by Crippen LogP contribution is 2.34. The van der Waals surface area contributed by atoms with Crippen molar-refractivity contribution in [3.63, 3.8) is 0 Å². The summed E-state index contributed by atoms with van der Waals surface area (Å²) in [5.74, 6) is 1.01. The number of amides is 1. The molecule has 1 saturated carbocycles. The lowest BCUT2D eigenvalue weighted by molar-refractivity contribution is -0.00683. The Balaban J connectivity index is 1.93. The van der Waals surface area contributed by atoms with E-state index in [9.17, 15) is 9.90 Å². The van der Waals surface area contributed by atoms with Crippen molar-refractivity contribution in [1.82, 2.24) is 10.2 Å². The molecule has 0 aromatic heterocycles. The molecule has 0 aromatic carbocycles. The molecule has 2 N–H and O–H groups in total. The summed E-state index contributed by atoms with van der Waals surface area (Å²) in [7, 11) is 0. The SMILES string of the molecule is CC1CC(N2CC(NC(=O)OC(C)(C)C)CC(C(C)O)C2)C1. The van der Waals surface area contributed by atoms with Crippen LogP contribution in [0.1, 0.15) is 53.9 Å². The van der Waals surface area contributed by atoms with Crippen molar-refractivity contribution in [3.8, 4) is 0 Å². The van der Waals surface area contributed by atoms with Gasteiger partial charge in [0.2, 0.25) is 0 Å². The van der Waals surface area contributed by atoms with Gasteiger partial charge in [0.1, 0.15) is 5.60 Å². The maximum atomic E-state index is 12.0. The molecule has 0 spiro atoms. The van der Waals surface area contributed by atoms with E-state index in [4.69, 9.17) is 4.74 Å². The van der Waals surface area contributed by atoms with Gasteiger partial charge < -0.3 is 15.2 Å². The number of nitrogens with zero attached hydrogens (tertiary/aromatic N) is 1. The van der Waals surface area contributed by atoms with E-state index in [-0.39, 0.29) is 24.2 Å². The van der Waals surface area contributed by atoms with Crippen molar-refractivity contribution >= 4 is 6.09 Å². The second-order valence-corrected chi connectivity index (χ2v) is 8.26. The Hall–Kier alpha value is -0.810. The van der Waals surface area contributed by atoms with E-state index >= 15 is 0 Å². The molecule has 1 aliphatic heterocycles. The molecule has 2 fully saturated rings. The lowest BCUT2D eigenvalue weighted by Gasteiger charge is -2.48. The van der Waals surface area contributed by atoms with Gasteiger partial charge in [-0.1, -0.05) is 6.92 Å². The fourth-order valence-electron chi connectivity index (χ4n) is 3.56. The molecule has 128 valence electrons. The van der Waals surface area contributed by atoms with Crippen LogP contribution in [0.15, 0.2) is 0 Å². The summed E-state index contributed by atoms with van der Waals surface area (Å²) < 4.78 is 5.36. The van der Waals surface area contributed by atoms with Crippen molar-refractivity contribution in [2.45, 2.75) is 77.7 Å². The molecule has 0 bridgehead atoms. The third-order valence-corrected chi connectivity index (χ3v) is 4.78. The Bertz CT molecular complexity index is 386. The van der Waals surface area contributed by atoms with E-state index in [0.29, 0.717) is 6.04 Å². The summed E-state index contributed by atoms with van der Waals surface area (Å²) >= 11 is 0. The number of likely N-dealkylation sites (tertiary alicyclic amines) is 1. The molecule has 1 amide bonds. The van der Waals surface area contributed by atoms with Gasteiger partial charge in [0.25, 0.3) is 0 Å². The zero-order valence-electron chi connectivity index (χ0n) is 14.6. The van der Waals surface area contributed by atoms with Crippen molar-refractivity contribution in [2.24, 2.45) is 11.8 Å². The smallest absolute Gasteiger partial charge is 0.407 e. The molecule has 2 rings (SSSR count). The molecule has 1 aliphatic carbocycles. The topological polar surface area (TPSA) is 61.8 Å². The van der Waals surface area contributed by atoms with Crippen LogP contribution in [0.2, 0.25) is 0 Å². The van der Waals surface area contributed by atoms with Crippen LogP contribution in [0.25, 0.3) is 0 Å². The number of hydrogen-bond donors (Lipinski definition) is 2. The number of aliphatic hydroxyl groups is 1. The van der Waals surface area contributed by atoms with Gasteiger partial charge in [-0.2, -0.15) is 0 Å². The Morgan fingerprint density at radius 2 is 1.91 bits per heavy atom. The van der Waals surface area contributed by atoms with Crippen LogP contribution >= 0.6 is 0 Å². The third-order valence-electron chi connectivity index (χ3n) is 4.78. The number of ether oxygens (including phenoxy) is 1. The number of nitrogens with one attached hydrogen (secondary N) is 1. The molecule has 0 aromatic rings. The predicted molar refractivity (Wildman–Crippen MR) is 86.7 cm³/mol. The van der Waals surface area contributed by atoms with Crippen LogP contribution in [-0.2, 0) is 4.74 Å². The quantitative estimate of drug-likeness (QED) is 0.840. The van der Waals surface area contributed by atoms with Crippen molar-refractivity contribution in [2.75, 3.05) is 13.1 Å². The fourth-order valence-corrected chi connectivity index (χ4v) is 3.56. The van der Waals surface area contributed by atoms with E-state index < -0.39 is 5.60 Å². The molecule has 22 heavy (non-hydrogen) atoms. The molecule has 1 heterocycles. The van der Waals surface area contributed by atoms with E-state index in [1.54, 1.807) is 0 Å². The van der Waals surface area contributed by atoms with Gasteiger partial charge in [-0.05, 0) is 58.8 Å².